The van der Waals surface area contributed by atoms with Crippen molar-refractivity contribution in [1.29, 1.82) is 0 Å². The molecule has 0 radical (unpaired) electrons. The number of hydrogen-bond acceptors (Lipinski definition) is 6. The van der Waals surface area contributed by atoms with E-state index in [4.69, 9.17) is 9.47 Å². The molecule has 0 aliphatic heterocycles. The second-order valence-corrected chi connectivity index (χ2v) is 7.47. The standard InChI is InChI=1S/C20H23N3O4S/c1-6-14-10-15-19(28-14)21-12(3)23(20(15)25)11(2)18(24)22-13-7-8-16(26-4)17(9-13)27-5/h7-11H,6H2,1-5H3,(H,22,24). The Hall–Kier alpha value is -2.87. The zero-order valence-electron chi connectivity index (χ0n) is 16.5. The summed E-state index contributed by atoms with van der Waals surface area (Å²) in [6.07, 6.45) is 0.842. The van der Waals surface area contributed by atoms with Crippen LogP contribution in [0.4, 0.5) is 5.69 Å². The molecule has 0 bridgehead atoms. The van der Waals surface area contributed by atoms with Crippen LogP contribution in [0.15, 0.2) is 29.1 Å². The molecule has 1 amide bonds. The predicted octanol–water partition coefficient (Wildman–Crippen LogP) is 3.55. The maximum Gasteiger partial charge on any atom is 0.263 e. The average Bonchev–Trinajstić information content (AvgIpc) is 3.11. The van der Waals surface area contributed by atoms with Crippen LogP contribution in [0.5, 0.6) is 11.5 Å². The van der Waals surface area contributed by atoms with Gasteiger partial charge in [-0.05, 0) is 38.5 Å². The lowest BCUT2D eigenvalue weighted by Crippen LogP contribution is -2.33. The van der Waals surface area contributed by atoms with Crippen LogP contribution in [-0.4, -0.2) is 29.7 Å². The highest BCUT2D eigenvalue weighted by atomic mass is 32.1. The molecule has 28 heavy (non-hydrogen) atoms. The van der Waals surface area contributed by atoms with E-state index in [1.54, 1.807) is 39.2 Å². The molecule has 1 aromatic carbocycles. The molecule has 3 rings (SSSR count). The number of carbonyl (C=O) groups is 1. The number of anilines is 1. The summed E-state index contributed by atoms with van der Waals surface area (Å²) in [5, 5.41) is 3.38. The van der Waals surface area contributed by atoms with Gasteiger partial charge in [-0.15, -0.1) is 11.3 Å². The average molecular weight is 401 g/mol. The molecule has 0 spiro atoms. The van der Waals surface area contributed by atoms with E-state index in [1.165, 1.54) is 23.0 Å². The highest BCUT2D eigenvalue weighted by Gasteiger charge is 2.21. The Bertz CT molecular complexity index is 1090. The summed E-state index contributed by atoms with van der Waals surface area (Å²) in [4.78, 5) is 32.1. The number of nitrogens with zero attached hydrogens (tertiary/aromatic N) is 2. The molecule has 7 nitrogen and oxygen atoms in total. The van der Waals surface area contributed by atoms with Gasteiger partial charge in [0.25, 0.3) is 5.56 Å². The lowest BCUT2D eigenvalue weighted by atomic mass is 10.2. The fourth-order valence-electron chi connectivity index (χ4n) is 3.05. The highest BCUT2D eigenvalue weighted by Crippen LogP contribution is 2.30. The minimum Gasteiger partial charge on any atom is -0.493 e. The van der Waals surface area contributed by atoms with Gasteiger partial charge in [0.2, 0.25) is 5.91 Å². The molecule has 0 fully saturated rings. The Morgan fingerprint density at radius 1 is 1.25 bits per heavy atom. The molecular formula is C20H23N3O4S. The zero-order valence-corrected chi connectivity index (χ0v) is 17.3. The lowest BCUT2D eigenvalue weighted by Gasteiger charge is -2.18. The van der Waals surface area contributed by atoms with Crippen molar-refractivity contribution in [1.82, 2.24) is 9.55 Å². The lowest BCUT2D eigenvalue weighted by molar-refractivity contribution is -0.118. The van der Waals surface area contributed by atoms with Crippen LogP contribution in [0, 0.1) is 6.92 Å². The van der Waals surface area contributed by atoms with E-state index in [-0.39, 0.29) is 11.5 Å². The van der Waals surface area contributed by atoms with Gasteiger partial charge in [-0.25, -0.2) is 4.98 Å². The van der Waals surface area contributed by atoms with E-state index >= 15 is 0 Å². The summed E-state index contributed by atoms with van der Waals surface area (Å²) >= 11 is 1.51. The van der Waals surface area contributed by atoms with Gasteiger partial charge < -0.3 is 14.8 Å². The Kier molecular flexibility index (Phi) is 5.69. The first-order chi connectivity index (χ1) is 13.4. The van der Waals surface area contributed by atoms with Crippen molar-refractivity contribution in [2.75, 3.05) is 19.5 Å². The molecule has 148 valence electrons. The summed E-state index contributed by atoms with van der Waals surface area (Å²) in [5.74, 6) is 1.27. The monoisotopic (exact) mass is 401 g/mol. The number of aromatic nitrogens is 2. The van der Waals surface area contributed by atoms with Crippen molar-refractivity contribution in [2.45, 2.75) is 33.2 Å². The molecular weight excluding hydrogens is 378 g/mol. The number of benzene rings is 1. The third kappa shape index (κ3) is 3.60. The number of thiophene rings is 1. The molecule has 0 aliphatic carbocycles. The van der Waals surface area contributed by atoms with Gasteiger partial charge >= 0.3 is 0 Å². The summed E-state index contributed by atoms with van der Waals surface area (Å²) in [6, 6.07) is 6.25. The van der Waals surface area contributed by atoms with Gasteiger partial charge in [0, 0.05) is 16.6 Å². The van der Waals surface area contributed by atoms with E-state index in [2.05, 4.69) is 10.3 Å². The van der Waals surface area contributed by atoms with E-state index in [9.17, 15) is 9.59 Å². The van der Waals surface area contributed by atoms with Crippen LogP contribution in [0.25, 0.3) is 10.2 Å². The number of carbonyl (C=O) groups excluding carboxylic acids is 1. The predicted molar refractivity (Wildman–Crippen MR) is 111 cm³/mol. The normalized spacial score (nSPS) is 12.0. The van der Waals surface area contributed by atoms with Crippen molar-refractivity contribution in [2.24, 2.45) is 0 Å². The maximum atomic E-state index is 13.0. The zero-order chi connectivity index (χ0) is 20.4. The highest BCUT2D eigenvalue weighted by molar-refractivity contribution is 7.18. The number of hydrogen-bond donors (Lipinski definition) is 1. The smallest absolute Gasteiger partial charge is 0.263 e. The van der Waals surface area contributed by atoms with E-state index in [0.717, 1.165) is 11.3 Å². The van der Waals surface area contributed by atoms with Gasteiger partial charge in [0.05, 0.1) is 19.6 Å². The van der Waals surface area contributed by atoms with Crippen LogP contribution in [-0.2, 0) is 11.2 Å². The Labute approximate surface area is 166 Å². The van der Waals surface area contributed by atoms with Crippen molar-refractivity contribution >= 4 is 33.1 Å². The minimum absolute atomic E-state index is 0.201. The first-order valence-electron chi connectivity index (χ1n) is 8.94. The SMILES string of the molecule is CCc1cc2c(=O)n(C(C)C(=O)Nc3ccc(OC)c(OC)c3)c(C)nc2s1. The molecule has 1 unspecified atom stereocenters. The van der Waals surface area contributed by atoms with Gasteiger partial charge in [0.1, 0.15) is 16.7 Å². The molecule has 0 saturated carbocycles. The Morgan fingerprint density at radius 2 is 1.96 bits per heavy atom. The molecule has 0 saturated heterocycles. The van der Waals surface area contributed by atoms with Gasteiger partial charge in [-0.3, -0.25) is 14.2 Å². The van der Waals surface area contributed by atoms with Crippen LogP contribution >= 0.6 is 11.3 Å². The third-order valence-corrected chi connectivity index (χ3v) is 5.76. The van der Waals surface area contributed by atoms with Gasteiger partial charge in [-0.1, -0.05) is 6.92 Å². The molecule has 1 atom stereocenters. The second kappa shape index (κ2) is 8.02. The van der Waals surface area contributed by atoms with Gasteiger partial charge in [0.15, 0.2) is 11.5 Å². The Balaban J connectivity index is 1.92. The van der Waals surface area contributed by atoms with E-state index in [0.29, 0.717) is 33.2 Å². The third-order valence-electron chi connectivity index (χ3n) is 4.59. The molecule has 2 aromatic heterocycles. The van der Waals surface area contributed by atoms with Gasteiger partial charge in [-0.2, -0.15) is 0 Å². The number of amides is 1. The summed E-state index contributed by atoms with van der Waals surface area (Å²) in [5.41, 5.74) is 0.353. The maximum absolute atomic E-state index is 13.0. The fraction of sp³-hybridized carbons (Fsp3) is 0.350. The van der Waals surface area contributed by atoms with Crippen molar-refractivity contribution in [3.05, 3.63) is 45.3 Å². The van der Waals surface area contributed by atoms with Crippen LogP contribution in [0.2, 0.25) is 0 Å². The number of ether oxygens (including phenoxy) is 2. The Morgan fingerprint density at radius 3 is 2.61 bits per heavy atom. The summed E-state index contributed by atoms with van der Waals surface area (Å²) in [7, 11) is 3.08. The number of methoxy groups -OCH3 is 2. The second-order valence-electron chi connectivity index (χ2n) is 6.35. The number of nitrogens with one attached hydrogen (secondary N) is 1. The topological polar surface area (TPSA) is 82.5 Å². The molecule has 8 heteroatoms. The van der Waals surface area contributed by atoms with Crippen molar-refractivity contribution < 1.29 is 14.3 Å². The van der Waals surface area contributed by atoms with Crippen LogP contribution in [0.3, 0.4) is 0 Å². The van der Waals surface area contributed by atoms with E-state index in [1.807, 2.05) is 13.0 Å². The number of aryl methyl sites for hydroxylation is 2. The molecule has 3 aromatic rings. The largest absolute Gasteiger partial charge is 0.493 e. The first kappa shape index (κ1) is 19.9. The fourth-order valence-corrected chi connectivity index (χ4v) is 4.06. The first-order valence-corrected chi connectivity index (χ1v) is 9.75. The summed E-state index contributed by atoms with van der Waals surface area (Å²) < 4.78 is 11.9. The molecule has 1 N–H and O–H groups in total. The quantitative estimate of drug-likeness (QED) is 0.683. The number of rotatable bonds is 6. The van der Waals surface area contributed by atoms with Crippen molar-refractivity contribution in [3.8, 4) is 11.5 Å². The summed E-state index contributed by atoms with van der Waals surface area (Å²) in [6.45, 7) is 5.47. The minimum atomic E-state index is -0.720. The molecule has 2 heterocycles. The van der Waals surface area contributed by atoms with Crippen LogP contribution < -0.4 is 20.3 Å². The molecule has 0 aliphatic rings. The van der Waals surface area contributed by atoms with E-state index < -0.39 is 6.04 Å². The van der Waals surface area contributed by atoms with Crippen LogP contribution in [0.1, 0.15) is 30.6 Å². The van der Waals surface area contributed by atoms with Crippen molar-refractivity contribution in [3.63, 3.8) is 0 Å². The number of fused-ring (bicyclic) bond motifs is 1.